The van der Waals surface area contributed by atoms with E-state index < -0.39 is 11.7 Å². The first-order valence-corrected chi connectivity index (χ1v) is 7.39. The molecule has 6 heteroatoms. The number of carbonyl (C=O) groups is 2. The Hall–Kier alpha value is -2.89. The molecule has 0 aliphatic rings. The number of methoxy groups -OCH3 is 1. The smallest absolute Gasteiger partial charge is 0.244 e. The Morgan fingerprint density at radius 3 is 2.54 bits per heavy atom. The van der Waals surface area contributed by atoms with Gasteiger partial charge in [-0.05, 0) is 36.8 Å². The van der Waals surface area contributed by atoms with Crippen LogP contribution in [0.5, 0.6) is 5.75 Å². The summed E-state index contributed by atoms with van der Waals surface area (Å²) in [6.45, 7) is 2.99. The fourth-order valence-corrected chi connectivity index (χ4v) is 2.27. The van der Waals surface area contributed by atoms with Crippen molar-refractivity contribution in [2.24, 2.45) is 0 Å². The summed E-state index contributed by atoms with van der Waals surface area (Å²) in [7, 11) is 1.49. The fourth-order valence-electron chi connectivity index (χ4n) is 2.27. The number of anilines is 2. The molecule has 1 N–H and O–H groups in total. The molecule has 0 unspecified atom stereocenters. The maximum atomic E-state index is 13.6. The van der Waals surface area contributed by atoms with Crippen LogP contribution in [0.2, 0.25) is 0 Å². The van der Waals surface area contributed by atoms with E-state index in [0.29, 0.717) is 11.4 Å². The van der Waals surface area contributed by atoms with Crippen LogP contribution in [0.3, 0.4) is 0 Å². The van der Waals surface area contributed by atoms with Crippen molar-refractivity contribution >= 4 is 23.2 Å². The summed E-state index contributed by atoms with van der Waals surface area (Å²) in [6.07, 6.45) is 0. The van der Waals surface area contributed by atoms with Crippen LogP contribution in [0.25, 0.3) is 0 Å². The summed E-state index contributed by atoms with van der Waals surface area (Å²) in [5.41, 5.74) is 1.49. The third-order valence-electron chi connectivity index (χ3n) is 3.45. The van der Waals surface area contributed by atoms with Gasteiger partial charge in [0.2, 0.25) is 11.8 Å². The molecule has 0 aliphatic heterocycles. The van der Waals surface area contributed by atoms with Crippen molar-refractivity contribution in [1.29, 1.82) is 0 Å². The van der Waals surface area contributed by atoms with Gasteiger partial charge in [-0.15, -0.1) is 0 Å². The fraction of sp³-hybridized carbons (Fsp3) is 0.222. The van der Waals surface area contributed by atoms with E-state index in [1.807, 2.05) is 13.0 Å². The molecule has 5 nitrogen and oxygen atoms in total. The summed E-state index contributed by atoms with van der Waals surface area (Å²) in [6, 6.07) is 11.2. The number of benzene rings is 2. The number of hydrogen-bond donors (Lipinski definition) is 1. The van der Waals surface area contributed by atoms with Crippen LogP contribution in [0.1, 0.15) is 12.5 Å². The maximum Gasteiger partial charge on any atom is 0.244 e. The Kier molecular flexibility index (Phi) is 5.52. The van der Waals surface area contributed by atoms with Gasteiger partial charge in [-0.25, -0.2) is 4.39 Å². The lowest BCUT2D eigenvalue weighted by Crippen LogP contribution is -2.37. The minimum Gasteiger partial charge on any atom is -0.495 e. The average Bonchev–Trinajstić information content (AvgIpc) is 2.54. The minimum absolute atomic E-state index is 0.0715. The van der Waals surface area contributed by atoms with Gasteiger partial charge in [0.05, 0.1) is 18.5 Å². The molecular formula is C18H19FN2O3. The van der Waals surface area contributed by atoms with Crippen LogP contribution in [0.15, 0.2) is 42.5 Å². The number of hydrogen-bond acceptors (Lipinski definition) is 3. The first-order valence-electron chi connectivity index (χ1n) is 7.39. The molecule has 2 aromatic carbocycles. The van der Waals surface area contributed by atoms with Crippen LogP contribution in [-0.2, 0) is 9.59 Å². The summed E-state index contributed by atoms with van der Waals surface area (Å²) in [4.78, 5) is 25.5. The van der Waals surface area contributed by atoms with Crippen molar-refractivity contribution in [3.63, 3.8) is 0 Å². The molecule has 126 valence electrons. The van der Waals surface area contributed by atoms with Gasteiger partial charge in [0.25, 0.3) is 0 Å². The highest BCUT2D eigenvalue weighted by atomic mass is 19.1. The zero-order chi connectivity index (χ0) is 17.7. The molecule has 0 saturated carbocycles. The first-order chi connectivity index (χ1) is 11.4. The number of halogens is 1. The summed E-state index contributed by atoms with van der Waals surface area (Å²) in [5.74, 6) is -0.871. The molecular weight excluding hydrogens is 311 g/mol. The van der Waals surface area contributed by atoms with E-state index in [2.05, 4.69) is 5.32 Å². The van der Waals surface area contributed by atoms with Crippen molar-refractivity contribution < 1.29 is 18.7 Å². The quantitative estimate of drug-likeness (QED) is 0.916. The second-order valence-corrected chi connectivity index (χ2v) is 5.31. The molecule has 0 aromatic heterocycles. The standard InChI is InChI=1S/C18H19FN2O3/c1-12-8-9-17(24-3)16(10-12)21(13(2)22)11-18(23)20-15-7-5-4-6-14(15)19/h4-10H,11H2,1-3H3,(H,20,23). The van der Waals surface area contributed by atoms with Gasteiger partial charge in [-0.1, -0.05) is 18.2 Å². The third kappa shape index (κ3) is 4.10. The molecule has 2 aromatic rings. The third-order valence-corrected chi connectivity index (χ3v) is 3.45. The van der Waals surface area contributed by atoms with Crippen molar-refractivity contribution in [3.05, 3.63) is 53.8 Å². The second-order valence-electron chi connectivity index (χ2n) is 5.31. The largest absolute Gasteiger partial charge is 0.495 e. The van der Waals surface area contributed by atoms with E-state index >= 15 is 0 Å². The van der Waals surface area contributed by atoms with Gasteiger partial charge >= 0.3 is 0 Å². The predicted octanol–water partition coefficient (Wildman–Crippen LogP) is 3.13. The number of aryl methyl sites for hydroxylation is 1. The van der Waals surface area contributed by atoms with Crippen LogP contribution in [0, 0.1) is 12.7 Å². The Morgan fingerprint density at radius 1 is 1.21 bits per heavy atom. The van der Waals surface area contributed by atoms with Gasteiger partial charge in [0, 0.05) is 6.92 Å². The zero-order valence-corrected chi connectivity index (χ0v) is 13.8. The highest BCUT2D eigenvalue weighted by molar-refractivity contribution is 6.02. The van der Waals surface area contributed by atoms with Gasteiger partial charge in [0.15, 0.2) is 0 Å². The van der Waals surface area contributed by atoms with Crippen LogP contribution in [-0.4, -0.2) is 25.5 Å². The average molecular weight is 330 g/mol. The van der Waals surface area contributed by atoms with Crippen molar-refractivity contribution in [2.45, 2.75) is 13.8 Å². The minimum atomic E-state index is -0.534. The predicted molar refractivity (Wildman–Crippen MR) is 90.8 cm³/mol. The Morgan fingerprint density at radius 2 is 1.92 bits per heavy atom. The highest BCUT2D eigenvalue weighted by Gasteiger charge is 2.20. The van der Waals surface area contributed by atoms with E-state index in [4.69, 9.17) is 4.74 Å². The lowest BCUT2D eigenvalue weighted by atomic mass is 10.2. The van der Waals surface area contributed by atoms with Crippen molar-refractivity contribution in [1.82, 2.24) is 0 Å². The number of nitrogens with one attached hydrogen (secondary N) is 1. The number of carbonyl (C=O) groups excluding carboxylic acids is 2. The van der Waals surface area contributed by atoms with E-state index in [9.17, 15) is 14.0 Å². The Bertz CT molecular complexity index is 762. The normalized spacial score (nSPS) is 10.2. The van der Waals surface area contributed by atoms with Crippen LogP contribution in [0.4, 0.5) is 15.8 Å². The Labute approximate surface area is 140 Å². The van der Waals surface area contributed by atoms with Gasteiger partial charge in [-0.2, -0.15) is 0 Å². The van der Waals surface area contributed by atoms with Crippen LogP contribution < -0.4 is 15.0 Å². The Balaban J connectivity index is 2.23. The molecule has 0 aliphatic carbocycles. The molecule has 0 saturated heterocycles. The van der Waals surface area contributed by atoms with Gasteiger partial charge in [-0.3, -0.25) is 14.5 Å². The number of amides is 2. The molecule has 0 spiro atoms. The monoisotopic (exact) mass is 330 g/mol. The molecule has 24 heavy (non-hydrogen) atoms. The van der Waals surface area contributed by atoms with Gasteiger partial charge in [0.1, 0.15) is 18.1 Å². The number of rotatable bonds is 5. The second kappa shape index (κ2) is 7.59. The number of nitrogens with zero attached hydrogens (tertiary/aromatic N) is 1. The lowest BCUT2D eigenvalue weighted by Gasteiger charge is -2.23. The SMILES string of the molecule is COc1ccc(C)cc1N(CC(=O)Nc1ccccc1F)C(C)=O. The number of ether oxygens (including phenoxy) is 1. The number of para-hydroxylation sites is 1. The molecule has 2 rings (SSSR count). The summed E-state index contributed by atoms with van der Waals surface area (Å²) in [5, 5.41) is 2.47. The molecule has 2 amide bonds. The van der Waals surface area contributed by atoms with Gasteiger partial charge < -0.3 is 10.1 Å². The van der Waals surface area contributed by atoms with Crippen molar-refractivity contribution in [3.8, 4) is 5.75 Å². The summed E-state index contributed by atoms with van der Waals surface area (Å²) < 4.78 is 18.9. The molecule has 0 bridgehead atoms. The first kappa shape index (κ1) is 17.5. The van der Waals surface area contributed by atoms with E-state index in [1.54, 1.807) is 18.2 Å². The molecule has 0 fully saturated rings. The van der Waals surface area contributed by atoms with Crippen molar-refractivity contribution in [2.75, 3.05) is 23.9 Å². The lowest BCUT2D eigenvalue weighted by molar-refractivity contribution is -0.120. The van der Waals surface area contributed by atoms with Crippen LogP contribution >= 0.6 is 0 Å². The summed E-state index contributed by atoms with van der Waals surface area (Å²) >= 11 is 0. The zero-order valence-electron chi connectivity index (χ0n) is 13.8. The van der Waals surface area contributed by atoms with E-state index in [1.165, 1.54) is 37.1 Å². The topological polar surface area (TPSA) is 58.6 Å². The molecule has 0 atom stereocenters. The molecule has 0 radical (unpaired) electrons. The van der Waals surface area contributed by atoms with E-state index in [0.717, 1.165) is 5.56 Å². The highest BCUT2D eigenvalue weighted by Crippen LogP contribution is 2.29. The molecule has 0 heterocycles. The van der Waals surface area contributed by atoms with E-state index in [-0.39, 0.29) is 18.1 Å². The maximum absolute atomic E-state index is 13.6.